The van der Waals surface area contributed by atoms with Crippen molar-refractivity contribution in [3.8, 4) is 5.75 Å². The van der Waals surface area contributed by atoms with Gasteiger partial charge in [-0.05, 0) is 44.4 Å². The number of hydrogen-bond acceptors (Lipinski definition) is 4. The molecule has 2 amide bonds. The molecule has 1 atom stereocenters. The molecule has 2 rings (SSSR count). The van der Waals surface area contributed by atoms with Crippen molar-refractivity contribution >= 4 is 17.8 Å². The second-order valence-electron chi connectivity index (χ2n) is 6.76. The molecular formula is C19H26N2O5. The number of benzene rings is 1. The predicted octanol–water partition coefficient (Wildman–Crippen LogP) is 1.54. The molecule has 1 N–H and O–H groups in total. The fraction of sp³-hybridized carbons (Fsp3) is 0.526. The first kappa shape index (κ1) is 19.8. The third kappa shape index (κ3) is 5.21. The number of aryl methyl sites for hydroxylation is 1. The number of carboxylic acid groups (broad SMARTS) is 1. The minimum atomic E-state index is -0.813. The molecule has 142 valence electrons. The summed E-state index contributed by atoms with van der Waals surface area (Å²) in [6.07, 6.45) is 0.198. The number of ether oxygens (including phenoxy) is 1. The number of carbonyl (C=O) groups excluding carboxylic acids is 2. The van der Waals surface area contributed by atoms with Gasteiger partial charge in [0.1, 0.15) is 5.75 Å². The number of likely N-dealkylation sites (N-methyl/N-ethyl adjacent to an activating group) is 1. The van der Waals surface area contributed by atoms with E-state index in [-0.39, 0.29) is 24.3 Å². The predicted molar refractivity (Wildman–Crippen MR) is 95.8 cm³/mol. The van der Waals surface area contributed by atoms with Gasteiger partial charge in [0.15, 0.2) is 6.10 Å². The molecule has 1 aromatic carbocycles. The van der Waals surface area contributed by atoms with Gasteiger partial charge in [-0.15, -0.1) is 0 Å². The molecule has 1 saturated heterocycles. The van der Waals surface area contributed by atoms with Crippen LogP contribution in [-0.2, 0) is 14.4 Å². The van der Waals surface area contributed by atoms with Crippen molar-refractivity contribution in [1.29, 1.82) is 0 Å². The van der Waals surface area contributed by atoms with E-state index < -0.39 is 12.1 Å². The average molecular weight is 362 g/mol. The quantitative estimate of drug-likeness (QED) is 0.829. The first-order chi connectivity index (χ1) is 12.3. The largest absolute Gasteiger partial charge is 0.481 e. The van der Waals surface area contributed by atoms with E-state index in [2.05, 4.69) is 0 Å². The molecule has 0 aromatic heterocycles. The van der Waals surface area contributed by atoms with E-state index in [0.29, 0.717) is 31.7 Å². The Balaban J connectivity index is 1.84. The number of piperidine rings is 1. The Bertz CT molecular complexity index is 668. The highest BCUT2D eigenvalue weighted by Crippen LogP contribution is 2.18. The van der Waals surface area contributed by atoms with Crippen LogP contribution in [0.5, 0.6) is 5.75 Å². The summed E-state index contributed by atoms with van der Waals surface area (Å²) in [5, 5.41) is 9.01. The lowest BCUT2D eigenvalue weighted by Crippen LogP contribution is -2.47. The molecule has 1 fully saturated rings. The SMILES string of the molecule is Cc1cccc(OC(C)C(=O)N(C)CC(=O)N2CCC(C(=O)O)CC2)c1. The lowest BCUT2D eigenvalue weighted by atomic mass is 9.97. The summed E-state index contributed by atoms with van der Waals surface area (Å²) in [6.45, 7) is 4.38. The smallest absolute Gasteiger partial charge is 0.306 e. The average Bonchev–Trinajstić information content (AvgIpc) is 2.61. The molecule has 1 unspecified atom stereocenters. The van der Waals surface area contributed by atoms with Crippen molar-refractivity contribution in [1.82, 2.24) is 9.80 Å². The number of hydrogen-bond donors (Lipinski definition) is 1. The highest BCUT2D eigenvalue weighted by Gasteiger charge is 2.28. The number of amides is 2. The lowest BCUT2D eigenvalue weighted by Gasteiger charge is -2.31. The summed E-state index contributed by atoms with van der Waals surface area (Å²) in [4.78, 5) is 38.8. The van der Waals surface area contributed by atoms with Crippen LogP contribution in [0.25, 0.3) is 0 Å². The first-order valence-electron chi connectivity index (χ1n) is 8.77. The highest BCUT2D eigenvalue weighted by molar-refractivity contribution is 5.87. The van der Waals surface area contributed by atoms with Crippen molar-refractivity contribution in [3.63, 3.8) is 0 Å². The van der Waals surface area contributed by atoms with Crippen molar-refractivity contribution in [2.24, 2.45) is 5.92 Å². The molecule has 1 aliphatic rings. The summed E-state index contributed by atoms with van der Waals surface area (Å²) in [5.41, 5.74) is 1.04. The normalized spacial score (nSPS) is 16.0. The summed E-state index contributed by atoms with van der Waals surface area (Å²) in [6, 6.07) is 7.43. The number of aliphatic carboxylic acids is 1. The van der Waals surface area contributed by atoms with Crippen LogP contribution in [0.4, 0.5) is 0 Å². The maximum atomic E-state index is 12.4. The van der Waals surface area contributed by atoms with Crippen LogP contribution in [0.2, 0.25) is 0 Å². The molecule has 1 aromatic rings. The monoisotopic (exact) mass is 362 g/mol. The van der Waals surface area contributed by atoms with E-state index in [1.54, 1.807) is 24.9 Å². The fourth-order valence-corrected chi connectivity index (χ4v) is 3.01. The zero-order chi connectivity index (χ0) is 19.3. The van der Waals surface area contributed by atoms with Gasteiger partial charge >= 0.3 is 5.97 Å². The number of likely N-dealkylation sites (tertiary alicyclic amines) is 1. The van der Waals surface area contributed by atoms with Crippen LogP contribution in [0.1, 0.15) is 25.3 Å². The molecule has 0 radical (unpaired) electrons. The van der Waals surface area contributed by atoms with Crippen LogP contribution in [0.3, 0.4) is 0 Å². The Labute approximate surface area is 153 Å². The molecule has 0 aliphatic carbocycles. The number of nitrogens with zero attached hydrogens (tertiary/aromatic N) is 2. The summed E-state index contributed by atoms with van der Waals surface area (Å²) in [5.74, 6) is -1.04. The zero-order valence-corrected chi connectivity index (χ0v) is 15.5. The van der Waals surface area contributed by atoms with Gasteiger partial charge in [-0.3, -0.25) is 14.4 Å². The summed E-state index contributed by atoms with van der Waals surface area (Å²) >= 11 is 0. The maximum absolute atomic E-state index is 12.4. The van der Waals surface area contributed by atoms with Crippen LogP contribution < -0.4 is 4.74 Å². The molecule has 1 heterocycles. The topological polar surface area (TPSA) is 87.2 Å². The Morgan fingerprint density at radius 1 is 1.31 bits per heavy atom. The standard InChI is InChI=1S/C19H26N2O5/c1-13-5-4-6-16(11-13)26-14(2)18(23)20(3)12-17(22)21-9-7-15(8-10-21)19(24)25/h4-6,11,14-15H,7-10,12H2,1-3H3,(H,24,25). The zero-order valence-electron chi connectivity index (χ0n) is 15.5. The Hall–Kier alpha value is -2.57. The minimum Gasteiger partial charge on any atom is -0.481 e. The van der Waals surface area contributed by atoms with E-state index in [1.807, 2.05) is 25.1 Å². The first-order valence-corrected chi connectivity index (χ1v) is 8.77. The Morgan fingerprint density at radius 3 is 2.54 bits per heavy atom. The Kier molecular flexibility index (Phi) is 6.60. The molecule has 0 bridgehead atoms. The van der Waals surface area contributed by atoms with Gasteiger partial charge in [-0.1, -0.05) is 12.1 Å². The van der Waals surface area contributed by atoms with Crippen LogP contribution in [0.15, 0.2) is 24.3 Å². The Morgan fingerprint density at radius 2 is 1.96 bits per heavy atom. The van der Waals surface area contributed by atoms with E-state index in [4.69, 9.17) is 9.84 Å². The molecule has 0 spiro atoms. The van der Waals surface area contributed by atoms with Crippen molar-refractivity contribution in [3.05, 3.63) is 29.8 Å². The van der Waals surface area contributed by atoms with Crippen molar-refractivity contribution in [2.75, 3.05) is 26.7 Å². The number of carbonyl (C=O) groups is 3. The third-order valence-corrected chi connectivity index (χ3v) is 4.60. The molecule has 1 aliphatic heterocycles. The van der Waals surface area contributed by atoms with Gasteiger partial charge < -0.3 is 19.6 Å². The second-order valence-corrected chi connectivity index (χ2v) is 6.76. The summed E-state index contributed by atoms with van der Waals surface area (Å²) in [7, 11) is 1.57. The fourth-order valence-electron chi connectivity index (χ4n) is 3.01. The van der Waals surface area contributed by atoms with Crippen molar-refractivity contribution < 1.29 is 24.2 Å². The van der Waals surface area contributed by atoms with Gasteiger partial charge in [-0.2, -0.15) is 0 Å². The van der Waals surface area contributed by atoms with E-state index in [1.165, 1.54) is 4.90 Å². The molecule has 0 saturated carbocycles. The molecule has 7 heteroatoms. The summed E-state index contributed by atoms with van der Waals surface area (Å²) < 4.78 is 5.66. The second kappa shape index (κ2) is 8.69. The maximum Gasteiger partial charge on any atom is 0.306 e. The van der Waals surface area contributed by atoms with Crippen LogP contribution in [0, 0.1) is 12.8 Å². The highest BCUT2D eigenvalue weighted by atomic mass is 16.5. The molecule has 7 nitrogen and oxygen atoms in total. The van der Waals surface area contributed by atoms with Gasteiger partial charge in [0.25, 0.3) is 5.91 Å². The minimum absolute atomic E-state index is 0.0436. The number of rotatable bonds is 6. The van der Waals surface area contributed by atoms with Gasteiger partial charge in [-0.25, -0.2) is 0 Å². The van der Waals surface area contributed by atoms with Gasteiger partial charge in [0, 0.05) is 20.1 Å². The van der Waals surface area contributed by atoms with E-state index in [9.17, 15) is 14.4 Å². The van der Waals surface area contributed by atoms with Crippen LogP contribution >= 0.6 is 0 Å². The van der Waals surface area contributed by atoms with E-state index in [0.717, 1.165) is 5.56 Å². The lowest BCUT2D eigenvalue weighted by molar-refractivity contribution is -0.147. The van der Waals surface area contributed by atoms with Gasteiger partial charge in [0.05, 0.1) is 12.5 Å². The van der Waals surface area contributed by atoms with Crippen LogP contribution in [-0.4, -0.2) is 65.5 Å². The van der Waals surface area contributed by atoms with E-state index >= 15 is 0 Å². The third-order valence-electron chi connectivity index (χ3n) is 4.60. The number of carboxylic acids is 1. The van der Waals surface area contributed by atoms with Gasteiger partial charge in [0.2, 0.25) is 5.91 Å². The molecular weight excluding hydrogens is 336 g/mol. The van der Waals surface area contributed by atoms with Crippen molar-refractivity contribution in [2.45, 2.75) is 32.8 Å². The molecule has 26 heavy (non-hydrogen) atoms.